The third kappa shape index (κ3) is 2.33. The zero-order chi connectivity index (χ0) is 12.0. The quantitative estimate of drug-likeness (QED) is 0.723. The SMILES string of the molecule is FC(F)(F)c1ccc(C(C2CC2)C2CC2)cc1. The summed E-state index contributed by atoms with van der Waals surface area (Å²) in [4.78, 5) is 0. The third-order valence-electron chi connectivity index (χ3n) is 3.88. The molecule has 0 heterocycles. The first-order valence-electron chi connectivity index (χ1n) is 6.23. The number of alkyl halides is 3. The van der Waals surface area contributed by atoms with E-state index in [0.29, 0.717) is 5.92 Å². The van der Waals surface area contributed by atoms with Crippen molar-refractivity contribution < 1.29 is 13.2 Å². The molecule has 2 saturated carbocycles. The first-order chi connectivity index (χ1) is 8.05. The van der Waals surface area contributed by atoms with Crippen molar-refractivity contribution in [3.8, 4) is 0 Å². The fraction of sp³-hybridized carbons (Fsp3) is 0.571. The molecule has 0 radical (unpaired) electrons. The van der Waals surface area contributed by atoms with Crippen LogP contribution in [0.15, 0.2) is 24.3 Å². The highest BCUT2D eigenvalue weighted by molar-refractivity contribution is 5.29. The molecule has 0 aliphatic heterocycles. The van der Waals surface area contributed by atoms with Crippen LogP contribution in [0, 0.1) is 11.8 Å². The van der Waals surface area contributed by atoms with Gasteiger partial charge in [0.25, 0.3) is 0 Å². The topological polar surface area (TPSA) is 0 Å². The van der Waals surface area contributed by atoms with Gasteiger partial charge in [-0.25, -0.2) is 0 Å². The molecule has 3 rings (SSSR count). The van der Waals surface area contributed by atoms with Crippen LogP contribution in [0.1, 0.15) is 42.7 Å². The van der Waals surface area contributed by atoms with E-state index in [9.17, 15) is 13.2 Å². The fourth-order valence-corrected chi connectivity index (χ4v) is 2.73. The maximum absolute atomic E-state index is 12.5. The third-order valence-corrected chi connectivity index (χ3v) is 3.88. The van der Waals surface area contributed by atoms with Crippen molar-refractivity contribution in [3.05, 3.63) is 35.4 Å². The molecular formula is C14H15F3. The predicted octanol–water partition coefficient (Wildman–Crippen LogP) is 4.61. The number of halogens is 3. The van der Waals surface area contributed by atoms with Crippen LogP contribution < -0.4 is 0 Å². The molecule has 3 heteroatoms. The van der Waals surface area contributed by atoms with Gasteiger partial charge in [0, 0.05) is 0 Å². The molecule has 0 N–H and O–H groups in total. The molecule has 0 aromatic heterocycles. The lowest BCUT2D eigenvalue weighted by atomic mass is 9.89. The highest BCUT2D eigenvalue weighted by atomic mass is 19.4. The first-order valence-corrected chi connectivity index (χ1v) is 6.23. The van der Waals surface area contributed by atoms with Gasteiger partial charge in [-0.2, -0.15) is 13.2 Å². The average molecular weight is 240 g/mol. The van der Waals surface area contributed by atoms with Crippen molar-refractivity contribution in [2.75, 3.05) is 0 Å². The van der Waals surface area contributed by atoms with Crippen LogP contribution in [-0.2, 0) is 6.18 Å². The molecule has 0 amide bonds. The van der Waals surface area contributed by atoms with Crippen LogP contribution in [0.4, 0.5) is 13.2 Å². The molecule has 0 saturated heterocycles. The van der Waals surface area contributed by atoms with E-state index in [-0.39, 0.29) is 0 Å². The minimum atomic E-state index is -4.22. The molecule has 2 fully saturated rings. The Hall–Kier alpha value is -0.990. The Kier molecular flexibility index (Phi) is 2.46. The minimum Gasteiger partial charge on any atom is -0.166 e. The van der Waals surface area contributed by atoms with Gasteiger partial charge in [0.15, 0.2) is 0 Å². The number of hydrogen-bond acceptors (Lipinski definition) is 0. The molecule has 0 atom stereocenters. The Morgan fingerprint density at radius 1 is 0.882 bits per heavy atom. The monoisotopic (exact) mass is 240 g/mol. The highest BCUT2D eigenvalue weighted by Gasteiger charge is 2.42. The lowest BCUT2D eigenvalue weighted by Gasteiger charge is -2.16. The molecule has 1 aromatic carbocycles. The molecule has 0 spiro atoms. The van der Waals surface area contributed by atoms with E-state index in [0.717, 1.165) is 17.4 Å². The Balaban J connectivity index is 1.83. The van der Waals surface area contributed by atoms with Gasteiger partial charge in [-0.1, -0.05) is 12.1 Å². The molecule has 2 aliphatic carbocycles. The summed E-state index contributed by atoms with van der Waals surface area (Å²) >= 11 is 0. The second kappa shape index (κ2) is 3.76. The summed E-state index contributed by atoms with van der Waals surface area (Å²) in [6, 6.07) is 5.83. The van der Waals surface area contributed by atoms with Crippen LogP contribution in [0.3, 0.4) is 0 Å². The smallest absolute Gasteiger partial charge is 0.166 e. The van der Waals surface area contributed by atoms with E-state index in [4.69, 9.17) is 0 Å². The van der Waals surface area contributed by atoms with Gasteiger partial charge in [-0.15, -0.1) is 0 Å². The fourth-order valence-electron chi connectivity index (χ4n) is 2.73. The van der Waals surface area contributed by atoms with Crippen molar-refractivity contribution in [1.82, 2.24) is 0 Å². The Morgan fingerprint density at radius 3 is 1.71 bits per heavy atom. The summed E-state index contributed by atoms with van der Waals surface area (Å²) in [5, 5.41) is 0. The van der Waals surface area contributed by atoms with E-state index in [1.807, 2.05) is 0 Å². The zero-order valence-corrected chi connectivity index (χ0v) is 9.50. The Morgan fingerprint density at radius 2 is 1.35 bits per heavy atom. The average Bonchev–Trinajstić information content (AvgIpc) is 3.12. The van der Waals surface area contributed by atoms with Crippen LogP contribution in [0.2, 0.25) is 0 Å². The number of rotatable bonds is 3. The van der Waals surface area contributed by atoms with E-state index in [1.54, 1.807) is 12.1 Å². The van der Waals surface area contributed by atoms with Gasteiger partial charge in [0.1, 0.15) is 0 Å². The first kappa shape index (κ1) is 11.1. The van der Waals surface area contributed by atoms with Gasteiger partial charge in [0.2, 0.25) is 0 Å². The van der Waals surface area contributed by atoms with Gasteiger partial charge in [-0.3, -0.25) is 0 Å². The summed E-state index contributed by atoms with van der Waals surface area (Å²) in [7, 11) is 0. The van der Waals surface area contributed by atoms with Crippen molar-refractivity contribution >= 4 is 0 Å². The van der Waals surface area contributed by atoms with Crippen molar-refractivity contribution in [1.29, 1.82) is 0 Å². The standard InChI is InChI=1S/C14H15F3/c15-14(16,17)12-7-5-11(6-8-12)13(9-1-2-9)10-3-4-10/h5-10,13H,1-4H2. The van der Waals surface area contributed by atoms with Gasteiger partial charge in [-0.05, 0) is 61.1 Å². The number of hydrogen-bond donors (Lipinski definition) is 0. The minimum absolute atomic E-state index is 0.525. The molecule has 92 valence electrons. The molecular weight excluding hydrogens is 225 g/mol. The van der Waals surface area contributed by atoms with Crippen molar-refractivity contribution in [2.24, 2.45) is 11.8 Å². The van der Waals surface area contributed by atoms with E-state index in [1.165, 1.54) is 37.8 Å². The summed E-state index contributed by atoms with van der Waals surface area (Å²) in [5.41, 5.74) is 0.578. The maximum atomic E-state index is 12.5. The van der Waals surface area contributed by atoms with Crippen LogP contribution in [0.5, 0.6) is 0 Å². The Bertz CT molecular complexity index is 384. The zero-order valence-electron chi connectivity index (χ0n) is 9.50. The van der Waals surface area contributed by atoms with E-state index in [2.05, 4.69) is 0 Å². The lowest BCUT2D eigenvalue weighted by Crippen LogP contribution is -2.07. The summed E-state index contributed by atoms with van der Waals surface area (Å²) < 4.78 is 37.4. The molecule has 17 heavy (non-hydrogen) atoms. The molecule has 1 aromatic rings. The predicted molar refractivity (Wildman–Crippen MR) is 59.6 cm³/mol. The normalized spacial score (nSPS) is 20.9. The number of benzene rings is 1. The largest absolute Gasteiger partial charge is 0.416 e. The molecule has 0 unspecified atom stereocenters. The highest BCUT2D eigenvalue weighted by Crippen LogP contribution is 2.54. The Labute approximate surface area is 98.8 Å². The second-order valence-electron chi connectivity index (χ2n) is 5.32. The van der Waals surface area contributed by atoms with Gasteiger partial charge < -0.3 is 0 Å². The summed E-state index contributed by atoms with van der Waals surface area (Å²) in [6.07, 6.45) is 0.794. The van der Waals surface area contributed by atoms with Gasteiger partial charge >= 0.3 is 6.18 Å². The van der Waals surface area contributed by atoms with Crippen LogP contribution >= 0.6 is 0 Å². The van der Waals surface area contributed by atoms with Crippen molar-refractivity contribution in [2.45, 2.75) is 37.8 Å². The molecule has 0 bridgehead atoms. The van der Waals surface area contributed by atoms with Crippen LogP contribution in [0.25, 0.3) is 0 Å². The van der Waals surface area contributed by atoms with Crippen LogP contribution in [-0.4, -0.2) is 0 Å². The second-order valence-corrected chi connectivity index (χ2v) is 5.32. The maximum Gasteiger partial charge on any atom is 0.416 e. The van der Waals surface area contributed by atoms with Gasteiger partial charge in [0.05, 0.1) is 5.56 Å². The molecule has 0 nitrogen and oxygen atoms in total. The lowest BCUT2D eigenvalue weighted by molar-refractivity contribution is -0.137. The summed E-state index contributed by atoms with van der Waals surface area (Å²) in [6.45, 7) is 0. The van der Waals surface area contributed by atoms with E-state index < -0.39 is 11.7 Å². The molecule has 2 aliphatic rings. The van der Waals surface area contributed by atoms with E-state index >= 15 is 0 Å². The van der Waals surface area contributed by atoms with Crippen molar-refractivity contribution in [3.63, 3.8) is 0 Å². The summed E-state index contributed by atoms with van der Waals surface area (Å²) in [5.74, 6) is 2.00.